The minimum Gasteiger partial charge on any atom is -0.396 e. The highest BCUT2D eigenvalue weighted by Gasteiger charge is 2.24. The Morgan fingerprint density at radius 3 is 2.62 bits per heavy atom. The Morgan fingerprint density at radius 2 is 1.94 bits per heavy atom. The molecule has 2 heterocycles. The third-order valence-electron chi connectivity index (χ3n) is 3.68. The Labute approximate surface area is 97.2 Å². The number of nitrogens with zero attached hydrogens (tertiary/aromatic N) is 2. The Bertz CT molecular complexity index is 239. The molecular weight excluding hydrogens is 204 g/mol. The normalized spacial score (nSPS) is 27.3. The predicted molar refractivity (Wildman–Crippen MR) is 62.1 cm³/mol. The van der Waals surface area contributed by atoms with Crippen molar-refractivity contribution in [3.05, 3.63) is 0 Å². The first-order chi connectivity index (χ1) is 7.79. The lowest BCUT2D eigenvalue weighted by Gasteiger charge is -2.32. The molecule has 2 rings (SSSR count). The molecule has 1 N–H and O–H groups in total. The third-order valence-corrected chi connectivity index (χ3v) is 3.68. The summed E-state index contributed by atoms with van der Waals surface area (Å²) in [5.74, 6) is 0.649. The van der Waals surface area contributed by atoms with Crippen LogP contribution in [0.5, 0.6) is 0 Å². The molecule has 0 bridgehead atoms. The summed E-state index contributed by atoms with van der Waals surface area (Å²) in [7, 11) is 0. The predicted octanol–water partition coefficient (Wildman–Crippen LogP) is 0.313. The number of piperidine rings is 1. The summed E-state index contributed by atoms with van der Waals surface area (Å²) in [6, 6.07) is 0. The number of likely N-dealkylation sites (tertiary alicyclic amines) is 2. The van der Waals surface area contributed by atoms with E-state index in [0.717, 1.165) is 51.9 Å². The second-order valence-corrected chi connectivity index (χ2v) is 5.01. The Kier molecular flexibility index (Phi) is 4.18. The van der Waals surface area contributed by atoms with Gasteiger partial charge in [-0.05, 0) is 38.1 Å². The van der Waals surface area contributed by atoms with Crippen molar-refractivity contribution in [1.29, 1.82) is 0 Å². The van der Waals surface area contributed by atoms with E-state index in [-0.39, 0.29) is 12.5 Å². The van der Waals surface area contributed by atoms with Gasteiger partial charge in [-0.2, -0.15) is 0 Å². The van der Waals surface area contributed by atoms with Crippen LogP contribution in [0.1, 0.15) is 25.7 Å². The van der Waals surface area contributed by atoms with E-state index in [1.165, 1.54) is 0 Å². The van der Waals surface area contributed by atoms with E-state index in [1.54, 1.807) is 0 Å². The van der Waals surface area contributed by atoms with Gasteiger partial charge in [0.15, 0.2) is 0 Å². The quantitative estimate of drug-likeness (QED) is 0.753. The highest BCUT2D eigenvalue weighted by atomic mass is 16.3. The van der Waals surface area contributed by atoms with Gasteiger partial charge in [-0.25, -0.2) is 0 Å². The molecule has 0 aromatic rings. The molecule has 2 aliphatic rings. The second-order valence-electron chi connectivity index (χ2n) is 5.01. The fourth-order valence-corrected chi connectivity index (χ4v) is 2.70. The average Bonchev–Trinajstić information content (AvgIpc) is 2.83. The van der Waals surface area contributed by atoms with Gasteiger partial charge in [0.1, 0.15) is 0 Å². The molecule has 4 heteroatoms. The molecule has 4 nitrogen and oxygen atoms in total. The van der Waals surface area contributed by atoms with Crippen LogP contribution >= 0.6 is 0 Å². The van der Waals surface area contributed by atoms with Crippen molar-refractivity contribution >= 4 is 5.91 Å². The first kappa shape index (κ1) is 11.9. The maximum Gasteiger partial charge on any atom is 0.236 e. The second kappa shape index (κ2) is 5.64. The van der Waals surface area contributed by atoms with Crippen LogP contribution in [0.4, 0.5) is 0 Å². The van der Waals surface area contributed by atoms with Crippen LogP contribution in [0.2, 0.25) is 0 Å². The number of carbonyl (C=O) groups is 1. The molecule has 92 valence electrons. The lowest BCUT2D eigenvalue weighted by molar-refractivity contribution is -0.131. The lowest BCUT2D eigenvalue weighted by atomic mass is 9.99. The zero-order valence-electron chi connectivity index (χ0n) is 9.90. The van der Waals surface area contributed by atoms with Gasteiger partial charge in [0.25, 0.3) is 0 Å². The molecule has 2 fully saturated rings. The van der Waals surface area contributed by atoms with E-state index in [4.69, 9.17) is 5.11 Å². The first-order valence-corrected chi connectivity index (χ1v) is 6.40. The monoisotopic (exact) mass is 226 g/mol. The van der Waals surface area contributed by atoms with Gasteiger partial charge in [-0.15, -0.1) is 0 Å². The number of aliphatic hydroxyl groups excluding tert-OH is 1. The van der Waals surface area contributed by atoms with Gasteiger partial charge in [-0.1, -0.05) is 0 Å². The number of hydrogen-bond donors (Lipinski definition) is 1. The van der Waals surface area contributed by atoms with Crippen molar-refractivity contribution in [1.82, 2.24) is 9.80 Å². The molecule has 0 radical (unpaired) electrons. The van der Waals surface area contributed by atoms with Gasteiger partial charge in [-0.3, -0.25) is 9.69 Å². The van der Waals surface area contributed by atoms with Crippen LogP contribution in [-0.2, 0) is 4.79 Å². The largest absolute Gasteiger partial charge is 0.396 e. The molecule has 1 atom stereocenters. The van der Waals surface area contributed by atoms with Crippen molar-refractivity contribution in [2.75, 3.05) is 39.3 Å². The van der Waals surface area contributed by atoms with E-state index in [0.29, 0.717) is 12.5 Å². The summed E-state index contributed by atoms with van der Waals surface area (Å²) in [5.41, 5.74) is 0. The molecule has 2 saturated heterocycles. The highest BCUT2D eigenvalue weighted by Crippen LogP contribution is 2.16. The van der Waals surface area contributed by atoms with Gasteiger partial charge in [0.2, 0.25) is 5.91 Å². The van der Waals surface area contributed by atoms with E-state index in [1.807, 2.05) is 4.90 Å². The summed E-state index contributed by atoms with van der Waals surface area (Å²) in [4.78, 5) is 16.1. The molecule has 0 saturated carbocycles. The molecule has 1 unspecified atom stereocenters. The third kappa shape index (κ3) is 2.95. The number of hydrogen-bond acceptors (Lipinski definition) is 3. The van der Waals surface area contributed by atoms with Gasteiger partial charge < -0.3 is 10.0 Å². The zero-order valence-corrected chi connectivity index (χ0v) is 9.90. The standard InChI is InChI=1S/C12H22N2O2/c15-10-11-4-3-5-13(8-11)9-12(16)14-6-1-2-7-14/h11,15H,1-10H2. The topological polar surface area (TPSA) is 43.8 Å². The van der Waals surface area contributed by atoms with E-state index < -0.39 is 0 Å². The van der Waals surface area contributed by atoms with Crippen molar-refractivity contribution in [2.24, 2.45) is 5.92 Å². The maximum atomic E-state index is 11.9. The minimum atomic E-state index is 0.258. The zero-order chi connectivity index (χ0) is 11.4. The first-order valence-electron chi connectivity index (χ1n) is 6.40. The van der Waals surface area contributed by atoms with Crippen molar-refractivity contribution < 1.29 is 9.90 Å². The summed E-state index contributed by atoms with van der Waals surface area (Å²) >= 11 is 0. The number of rotatable bonds is 3. The Balaban J connectivity index is 1.77. The average molecular weight is 226 g/mol. The van der Waals surface area contributed by atoms with Crippen LogP contribution < -0.4 is 0 Å². The molecule has 0 aromatic heterocycles. The number of aliphatic hydroxyl groups is 1. The summed E-state index contributed by atoms with van der Waals surface area (Å²) < 4.78 is 0. The number of carbonyl (C=O) groups excluding carboxylic acids is 1. The molecule has 2 aliphatic heterocycles. The van der Waals surface area contributed by atoms with Crippen LogP contribution in [0.25, 0.3) is 0 Å². The van der Waals surface area contributed by atoms with E-state index in [2.05, 4.69) is 4.90 Å². The molecule has 1 amide bonds. The van der Waals surface area contributed by atoms with Crippen LogP contribution in [-0.4, -0.2) is 60.1 Å². The van der Waals surface area contributed by atoms with Gasteiger partial charge >= 0.3 is 0 Å². The maximum absolute atomic E-state index is 11.9. The smallest absolute Gasteiger partial charge is 0.236 e. The van der Waals surface area contributed by atoms with Crippen molar-refractivity contribution in [2.45, 2.75) is 25.7 Å². The summed E-state index contributed by atoms with van der Waals surface area (Å²) in [5, 5.41) is 9.13. The number of amides is 1. The fraction of sp³-hybridized carbons (Fsp3) is 0.917. The van der Waals surface area contributed by atoms with Crippen molar-refractivity contribution in [3.63, 3.8) is 0 Å². The van der Waals surface area contributed by atoms with E-state index in [9.17, 15) is 4.79 Å². The summed E-state index contributed by atoms with van der Waals surface area (Å²) in [6.07, 6.45) is 4.53. The molecule has 0 aliphatic carbocycles. The Morgan fingerprint density at radius 1 is 1.19 bits per heavy atom. The van der Waals surface area contributed by atoms with E-state index >= 15 is 0 Å². The van der Waals surface area contributed by atoms with Crippen LogP contribution in [0.15, 0.2) is 0 Å². The minimum absolute atomic E-state index is 0.258. The Hall–Kier alpha value is -0.610. The van der Waals surface area contributed by atoms with Gasteiger partial charge in [0, 0.05) is 26.2 Å². The molecule has 0 aromatic carbocycles. The van der Waals surface area contributed by atoms with Crippen LogP contribution in [0, 0.1) is 5.92 Å². The highest BCUT2D eigenvalue weighted by molar-refractivity contribution is 5.78. The molecule has 0 spiro atoms. The molecular formula is C12H22N2O2. The summed E-state index contributed by atoms with van der Waals surface area (Å²) in [6.45, 7) is 4.59. The molecule has 16 heavy (non-hydrogen) atoms. The van der Waals surface area contributed by atoms with Gasteiger partial charge in [0.05, 0.1) is 6.54 Å². The van der Waals surface area contributed by atoms with Crippen LogP contribution in [0.3, 0.4) is 0 Å². The van der Waals surface area contributed by atoms with Crippen molar-refractivity contribution in [3.8, 4) is 0 Å². The fourth-order valence-electron chi connectivity index (χ4n) is 2.70. The SMILES string of the molecule is O=C(CN1CCCC(CO)C1)N1CCCC1. The lowest BCUT2D eigenvalue weighted by Crippen LogP contribution is -2.44.